The molecule has 0 spiro atoms. The van der Waals surface area contributed by atoms with E-state index in [1.54, 1.807) is 13.8 Å². The molecule has 0 aliphatic heterocycles. The predicted octanol–water partition coefficient (Wildman–Crippen LogP) is 0.740. The lowest BCUT2D eigenvalue weighted by Gasteiger charge is -2.10. The maximum Gasteiger partial charge on any atom is 0.243 e. The van der Waals surface area contributed by atoms with E-state index in [1.807, 2.05) is 0 Å². The number of halogens is 2. The first-order chi connectivity index (χ1) is 9.63. The quantitative estimate of drug-likeness (QED) is 0.673. The van der Waals surface area contributed by atoms with Gasteiger partial charge in [-0.3, -0.25) is 4.79 Å². The van der Waals surface area contributed by atoms with Crippen molar-refractivity contribution in [2.75, 3.05) is 12.3 Å². The van der Waals surface area contributed by atoms with Gasteiger partial charge in [0.1, 0.15) is 16.5 Å². The molecule has 0 aliphatic carbocycles. The molecule has 1 rings (SSSR count). The Kier molecular flexibility index (Phi) is 5.62. The van der Waals surface area contributed by atoms with E-state index in [0.29, 0.717) is 12.1 Å². The summed E-state index contributed by atoms with van der Waals surface area (Å²) in [5, 5.41) is 2.58. The Bertz CT molecular complexity index is 633. The van der Waals surface area contributed by atoms with E-state index in [2.05, 4.69) is 10.0 Å². The van der Waals surface area contributed by atoms with Crippen LogP contribution < -0.4 is 15.8 Å². The molecule has 21 heavy (non-hydrogen) atoms. The summed E-state index contributed by atoms with van der Waals surface area (Å²) in [5.74, 6) is -2.63. The lowest BCUT2D eigenvalue weighted by molar-refractivity contribution is -0.121. The average Bonchev–Trinajstić information content (AvgIpc) is 2.32. The van der Waals surface area contributed by atoms with Crippen LogP contribution in [-0.2, 0) is 14.8 Å². The highest BCUT2D eigenvalue weighted by Crippen LogP contribution is 2.20. The Balaban J connectivity index is 2.75. The molecule has 1 amide bonds. The highest BCUT2D eigenvalue weighted by atomic mass is 32.2. The number of nitrogens with two attached hydrogens (primary N) is 1. The van der Waals surface area contributed by atoms with Gasteiger partial charge in [0, 0.05) is 25.1 Å². The van der Waals surface area contributed by atoms with Crippen molar-refractivity contribution in [3.63, 3.8) is 0 Å². The topological polar surface area (TPSA) is 101 Å². The minimum atomic E-state index is -4.21. The molecule has 0 aliphatic rings. The number of benzene rings is 1. The van der Waals surface area contributed by atoms with Crippen LogP contribution in [0, 0.1) is 11.6 Å². The highest BCUT2D eigenvalue weighted by molar-refractivity contribution is 7.89. The van der Waals surface area contributed by atoms with E-state index in [0.717, 1.165) is 0 Å². The van der Waals surface area contributed by atoms with E-state index in [1.165, 1.54) is 0 Å². The fourth-order valence-corrected chi connectivity index (χ4v) is 2.65. The van der Waals surface area contributed by atoms with E-state index >= 15 is 0 Å². The van der Waals surface area contributed by atoms with Crippen molar-refractivity contribution in [2.45, 2.75) is 31.2 Å². The summed E-state index contributed by atoms with van der Waals surface area (Å²) >= 11 is 0. The number of nitrogen functional groups attached to an aromatic ring is 1. The molecule has 0 bridgehead atoms. The zero-order valence-electron chi connectivity index (χ0n) is 11.6. The van der Waals surface area contributed by atoms with Gasteiger partial charge in [0.05, 0.1) is 5.69 Å². The van der Waals surface area contributed by atoms with Crippen LogP contribution in [0.2, 0.25) is 0 Å². The lowest BCUT2D eigenvalue weighted by atomic mass is 10.3. The minimum absolute atomic E-state index is 0.0663. The fourth-order valence-electron chi connectivity index (χ4n) is 1.52. The summed E-state index contributed by atoms with van der Waals surface area (Å²) in [5.41, 5.74) is 4.74. The number of carbonyl (C=O) groups excluding carboxylic acids is 1. The largest absolute Gasteiger partial charge is 0.396 e. The van der Waals surface area contributed by atoms with Crippen molar-refractivity contribution < 1.29 is 22.0 Å². The van der Waals surface area contributed by atoms with E-state index in [4.69, 9.17) is 5.73 Å². The first kappa shape index (κ1) is 17.3. The van der Waals surface area contributed by atoms with E-state index in [9.17, 15) is 22.0 Å². The van der Waals surface area contributed by atoms with E-state index < -0.39 is 32.2 Å². The summed E-state index contributed by atoms with van der Waals surface area (Å²) in [6.45, 7) is 3.31. The molecular formula is C12H17F2N3O3S. The van der Waals surface area contributed by atoms with Crippen molar-refractivity contribution >= 4 is 21.6 Å². The number of nitrogens with one attached hydrogen (secondary N) is 2. The molecule has 1 aromatic carbocycles. The summed E-state index contributed by atoms with van der Waals surface area (Å²) in [7, 11) is -4.21. The molecule has 0 heterocycles. The standard InChI is InChI=1S/C12H17F2N3O3S/c1-7(2)17-12(18)3-4-16-21(19,20)11-6-10(15)8(13)5-9(11)14/h5-7,16H,3-4,15H2,1-2H3,(H,17,18). The molecule has 0 saturated carbocycles. The maximum absolute atomic E-state index is 13.5. The smallest absolute Gasteiger partial charge is 0.243 e. The molecule has 0 fully saturated rings. The van der Waals surface area contributed by atoms with Gasteiger partial charge in [-0.05, 0) is 19.9 Å². The number of amides is 1. The number of rotatable bonds is 6. The molecule has 0 aromatic heterocycles. The molecule has 0 unspecified atom stereocenters. The molecule has 0 atom stereocenters. The van der Waals surface area contributed by atoms with Gasteiger partial charge >= 0.3 is 0 Å². The Labute approximate surface area is 121 Å². The van der Waals surface area contributed by atoms with Gasteiger partial charge in [-0.15, -0.1) is 0 Å². The Morgan fingerprint density at radius 3 is 2.48 bits per heavy atom. The third kappa shape index (κ3) is 4.94. The van der Waals surface area contributed by atoms with Crippen molar-refractivity contribution in [1.29, 1.82) is 0 Å². The molecule has 9 heteroatoms. The van der Waals surface area contributed by atoms with Gasteiger partial charge in [-0.2, -0.15) is 0 Å². The first-order valence-corrected chi connectivity index (χ1v) is 7.65. The Morgan fingerprint density at radius 2 is 1.90 bits per heavy atom. The molecule has 0 saturated heterocycles. The van der Waals surface area contributed by atoms with Crippen LogP contribution in [0.15, 0.2) is 17.0 Å². The summed E-state index contributed by atoms with van der Waals surface area (Å²) < 4.78 is 52.3. The monoisotopic (exact) mass is 321 g/mol. The molecule has 6 nitrogen and oxygen atoms in total. The fraction of sp³-hybridized carbons (Fsp3) is 0.417. The van der Waals surface area contributed by atoms with Crippen molar-refractivity contribution in [3.8, 4) is 0 Å². The zero-order chi connectivity index (χ0) is 16.2. The van der Waals surface area contributed by atoms with Crippen LogP contribution in [0.5, 0.6) is 0 Å². The van der Waals surface area contributed by atoms with E-state index in [-0.39, 0.29) is 24.9 Å². The van der Waals surface area contributed by atoms with Crippen molar-refractivity contribution in [3.05, 3.63) is 23.8 Å². The second kappa shape index (κ2) is 6.81. The van der Waals surface area contributed by atoms with Gasteiger partial charge < -0.3 is 11.1 Å². The summed E-state index contributed by atoms with van der Waals surface area (Å²) in [6, 6.07) is 1.03. The third-order valence-electron chi connectivity index (χ3n) is 2.43. The number of anilines is 1. The summed E-state index contributed by atoms with van der Waals surface area (Å²) in [4.78, 5) is 10.6. The third-order valence-corrected chi connectivity index (χ3v) is 3.91. The molecule has 4 N–H and O–H groups in total. The van der Waals surface area contributed by atoms with Crippen molar-refractivity contribution in [2.24, 2.45) is 0 Å². The average molecular weight is 321 g/mol. The number of carbonyl (C=O) groups is 1. The lowest BCUT2D eigenvalue weighted by Crippen LogP contribution is -2.34. The van der Waals surface area contributed by atoms with Gasteiger partial charge in [0.2, 0.25) is 15.9 Å². The molecule has 1 aromatic rings. The Morgan fingerprint density at radius 1 is 1.29 bits per heavy atom. The second-order valence-electron chi connectivity index (χ2n) is 4.67. The normalized spacial score (nSPS) is 11.7. The van der Waals surface area contributed by atoms with Crippen LogP contribution in [0.3, 0.4) is 0 Å². The predicted molar refractivity (Wildman–Crippen MR) is 73.9 cm³/mol. The van der Waals surface area contributed by atoms with Gasteiger partial charge in [-0.1, -0.05) is 0 Å². The minimum Gasteiger partial charge on any atom is -0.396 e. The highest BCUT2D eigenvalue weighted by Gasteiger charge is 2.21. The van der Waals surface area contributed by atoms with Crippen LogP contribution in [0.1, 0.15) is 20.3 Å². The molecule has 0 radical (unpaired) electrons. The van der Waals surface area contributed by atoms with Crippen LogP contribution >= 0.6 is 0 Å². The zero-order valence-corrected chi connectivity index (χ0v) is 12.4. The van der Waals surface area contributed by atoms with Crippen LogP contribution in [-0.4, -0.2) is 26.9 Å². The van der Waals surface area contributed by atoms with Crippen LogP contribution in [0.4, 0.5) is 14.5 Å². The van der Waals surface area contributed by atoms with Gasteiger partial charge in [0.15, 0.2) is 0 Å². The van der Waals surface area contributed by atoms with Crippen LogP contribution in [0.25, 0.3) is 0 Å². The molecule has 118 valence electrons. The number of hydrogen-bond acceptors (Lipinski definition) is 4. The molecular weight excluding hydrogens is 304 g/mol. The SMILES string of the molecule is CC(C)NC(=O)CCNS(=O)(=O)c1cc(N)c(F)cc1F. The maximum atomic E-state index is 13.5. The summed E-state index contributed by atoms with van der Waals surface area (Å²) in [6.07, 6.45) is -0.101. The first-order valence-electron chi connectivity index (χ1n) is 6.17. The Hall–Kier alpha value is -1.74. The van der Waals surface area contributed by atoms with Gasteiger partial charge in [0.25, 0.3) is 0 Å². The number of hydrogen-bond donors (Lipinski definition) is 3. The second-order valence-corrected chi connectivity index (χ2v) is 6.41. The van der Waals surface area contributed by atoms with Gasteiger partial charge in [-0.25, -0.2) is 21.9 Å². The number of sulfonamides is 1. The van der Waals surface area contributed by atoms with Crippen molar-refractivity contribution in [1.82, 2.24) is 10.0 Å².